The quantitative estimate of drug-likeness (QED) is 0.339. The lowest BCUT2D eigenvalue weighted by atomic mass is 9.98. The first-order chi connectivity index (χ1) is 19.1. The number of fused-ring (bicyclic) bond motifs is 1. The zero-order valence-corrected chi connectivity index (χ0v) is 23.6. The molecule has 0 saturated carbocycles. The number of benzene rings is 1. The van der Waals surface area contributed by atoms with Crippen molar-refractivity contribution in [2.45, 2.75) is 65.5 Å². The SMILES string of the molecule is CC(C)CC(=O)NCCC(=O)N1NCCCC1C(=O)NC(C(=O)COC(=O)c1cnc2ccccc2c1)C(C)C. The van der Waals surface area contributed by atoms with E-state index < -0.39 is 36.4 Å². The third-order valence-corrected chi connectivity index (χ3v) is 6.56. The van der Waals surface area contributed by atoms with Crippen LogP contribution in [-0.2, 0) is 23.9 Å². The highest BCUT2D eigenvalue weighted by molar-refractivity contribution is 5.97. The van der Waals surface area contributed by atoms with Gasteiger partial charge in [-0.05, 0) is 36.8 Å². The predicted molar refractivity (Wildman–Crippen MR) is 149 cm³/mol. The standard InChI is InChI=1S/C29H39N5O6/c1-18(2)14-25(36)30-13-11-26(37)34-23(10-7-12-32-34)28(38)33-27(19(3)4)24(35)17-40-29(39)21-15-20-8-5-6-9-22(20)31-16-21/h5-6,8-9,15-16,18-19,23,27,32H,7,10-14,17H2,1-4H3,(H,30,36)(H,33,38). The molecule has 1 saturated heterocycles. The number of para-hydroxylation sites is 1. The van der Waals surface area contributed by atoms with Gasteiger partial charge in [0.25, 0.3) is 0 Å². The van der Waals surface area contributed by atoms with E-state index in [2.05, 4.69) is 21.0 Å². The van der Waals surface area contributed by atoms with Crippen molar-refractivity contribution >= 4 is 40.4 Å². The third-order valence-electron chi connectivity index (χ3n) is 6.56. The Morgan fingerprint density at radius 2 is 1.88 bits per heavy atom. The van der Waals surface area contributed by atoms with Gasteiger partial charge < -0.3 is 15.4 Å². The number of amides is 3. The van der Waals surface area contributed by atoms with Gasteiger partial charge in [-0.2, -0.15) is 0 Å². The fourth-order valence-corrected chi connectivity index (χ4v) is 4.48. The number of carbonyl (C=O) groups is 5. The van der Waals surface area contributed by atoms with Crippen LogP contribution in [0.4, 0.5) is 0 Å². The molecule has 0 spiro atoms. The smallest absolute Gasteiger partial charge is 0.340 e. The van der Waals surface area contributed by atoms with Crippen molar-refractivity contribution in [3.63, 3.8) is 0 Å². The summed E-state index contributed by atoms with van der Waals surface area (Å²) >= 11 is 0. The fraction of sp³-hybridized carbons (Fsp3) is 0.517. The lowest BCUT2D eigenvalue weighted by Gasteiger charge is -2.36. The molecule has 0 bridgehead atoms. The highest BCUT2D eigenvalue weighted by Crippen LogP contribution is 2.15. The molecule has 1 aliphatic heterocycles. The van der Waals surface area contributed by atoms with Crippen molar-refractivity contribution in [2.75, 3.05) is 19.7 Å². The fourth-order valence-electron chi connectivity index (χ4n) is 4.48. The van der Waals surface area contributed by atoms with Crippen LogP contribution in [0, 0.1) is 11.8 Å². The molecule has 40 heavy (non-hydrogen) atoms. The molecule has 11 heteroatoms. The Hall–Kier alpha value is -3.86. The lowest BCUT2D eigenvalue weighted by molar-refractivity contribution is -0.147. The topological polar surface area (TPSA) is 147 Å². The van der Waals surface area contributed by atoms with E-state index in [4.69, 9.17) is 4.74 Å². The van der Waals surface area contributed by atoms with Gasteiger partial charge in [0.15, 0.2) is 12.4 Å². The molecule has 216 valence electrons. The molecule has 1 aliphatic rings. The molecule has 1 aromatic carbocycles. The van der Waals surface area contributed by atoms with Gasteiger partial charge in [-0.3, -0.25) is 29.2 Å². The molecule has 2 unspecified atom stereocenters. The summed E-state index contributed by atoms with van der Waals surface area (Å²) in [5.74, 6) is -2.14. The van der Waals surface area contributed by atoms with Crippen LogP contribution in [0.2, 0.25) is 0 Å². The average molecular weight is 554 g/mol. The Balaban J connectivity index is 1.56. The van der Waals surface area contributed by atoms with Crippen LogP contribution < -0.4 is 16.1 Å². The summed E-state index contributed by atoms with van der Waals surface area (Å²) in [4.78, 5) is 67.8. The van der Waals surface area contributed by atoms with Gasteiger partial charge in [0.05, 0.1) is 17.1 Å². The zero-order chi connectivity index (χ0) is 29.2. The number of carbonyl (C=O) groups excluding carboxylic acids is 5. The van der Waals surface area contributed by atoms with Crippen molar-refractivity contribution in [3.8, 4) is 0 Å². The van der Waals surface area contributed by atoms with Crippen molar-refractivity contribution in [1.82, 2.24) is 26.1 Å². The van der Waals surface area contributed by atoms with Crippen LogP contribution >= 0.6 is 0 Å². The molecule has 1 aromatic heterocycles. The van der Waals surface area contributed by atoms with Crippen molar-refractivity contribution in [3.05, 3.63) is 42.1 Å². The molecule has 2 atom stereocenters. The summed E-state index contributed by atoms with van der Waals surface area (Å²) in [6.45, 7) is 7.61. The number of rotatable bonds is 12. The number of hydrogen-bond acceptors (Lipinski definition) is 8. The first-order valence-electron chi connectivity index (χ1n) is 13.7. The maximum Gasteiger partial charge on any atom is 0.340 e. The molecular formula is C29H39N5O6. The Morgan fingerprint density at radius 1 is 1.12 bits per heavy atom. The van der Waals surface area contributed by atoms with E-state index in [-0.39, 0.29) is 42.2 Å². The minimum Gasteiger partial charge on any atom is -0.454 e. The lowest BCUT2D eigenvalue weighted by Crippen LogP contribution is -2.61. The average Bonchev–Trinajstić information content (AvgIpc) is 2.93. The second-order valence-electron chi connectivity index (χ2n) is 10.7. The third kappa shape index (κ3) is 8.57. The Kier molecular flexibility index (Phi) is 11.1. The summed E-state index contributed by atoms with van der Waals surface area (Å²) in [5.41, 5.74) is 3.93. The molecule has 3 amide bonds. The van der Waals surface area contributed by atoms with E-state index in [1.165, 1.54) is 11.2 Å². The molecule has 3 rings (SSSR count). The molecule has 1 fully saturated rings. The maximum absolute atomic E-state index is 13.2. The minimum atomic E-state index is -0.913. The second-order valence-corrected chi connectivity index (χ2v) is 10.7. The number of aromatic nitrogens is 1. The number of ketones is 1. The molecule has 2 heterocycles. The number of Topliss-reactive ketones (excluding diaryl/α,β-unsaturated/α-hetero) is 1. The van der Waals surface area contributed by atoms with Crippen LogP contribution in [0.5, 0.6) is 0 Å². The first-order valence-corrected chi connectivity index (χ1v) is 13.7. The molecule has 11 nitrogen and oxygen atoms in total. The summed E-state index contributed by atoms with van der Waals surface area (Å²) < 4.78 is 5.25. The first kappa shape index (κ1) is 30.7. The van der Waals surface area contributed by atoms with Crippen molar-refractivity contribution in [1.29, 1.82) is 0 Å². The summed E-state index contributed by atoms with van der Waals surface area (Å²) in [6.07, 6.45) is 2.90. The van der Waals surface area contributed by atoms with Crippen molar-refractivity contribution in [2.24, 2.45) is 11.8 Å². The number of ether oxygens (including phenoxy) is 1. The van der Waals surface area contributed by atoms with Gasteiger partial charge in [0, 0.05) is 37.5 Å². The van der Waals surface area contributed by atoms with E-state index >= 15 is 0 Å². The van der Waals surface area contributed by atoms with E-state index in [9.17, 15) is 24.0 Å². The van der Waals surface area contributed by atoms with Crippen LogP contribution in [0.15, 0.2) is 36.5 Å². The molecule has 0 aliphatic carbocycles. The summed E-state index contributed by atoms with van der Waals surface area (Å²) in [6, 6.07) is 7.25. The van der Waals surface area contributed by atoms with Crippen LogP contribution in [-0.4, -0.2) is 71.2 Å². The van der Waals surface area contributed by atoms with E-state index in [0.717, 1.165) is 10.9 Å². The zero-order valence-electron chi connectivity index (χ0n) is 23.6. The number of pyridine rings is 1. The Labute approximate surface area is 234 Å². The monoisotopic (exact) mass is 553 g/mol. The minimum absolute atomic E-state index is 0.0345. The molecule has 3 N–H and O–H groups in total. The van der Waals surface area contributed by atoms with Crippen LogP contribution in [0.25, 0.3) is 10.9 Å². The largest absolute Gasteiger partial charge is 0.454 e. The molecular weight excluding hydrogens is 514 g/mol. The number of nitrogens with one attached hydrogen (secondary N) is 3. The Morgan fingerprint density at radius 3 is 2.60 bits per heavy atom. The van der Waals surface area contributed by atoms with Gasteiger partial charge >= 0.3 is 5.97 Å². The maximum atomic E-state index is 13.2. The number of esters is 1. The van der Waals surface area contributed by atoms with Crippen LogP contribution in [0.3, 0.4) is 0 Å². The molecule has 0 radical (unpaired) electrons. The summed E-state index contributed by atoms with van der Waals surface area (Å²) in [5, 5.41) is 7.55. The normalized spacial score (nSPS) is 16.1. The van der Waals surface area contributed by atoms with Gasteiger partial charge in [-0.15, -0.1) is 0 Å². The van der Waals surface area contributed by atoms with Crippen molar-refractivity contribution < 1.29 is 28.7 Å². The highest BCUT2D eigenvalue weighted by Gasteiger charge is 2.35. The predicted octanol–water partition coefficient (Wildman–Crippen LogP) is 2.15. The van der Waals surface area contributed by atoms with E-state index in [0.29, 0.717) is 25.8 Å². The van der Waals surface area contributed by atoms with E-state index in [1.54, 1.807) is 19.9 Å². The van der Waals surface area contributed by atoms with E-state index in [1.807, 2.05) is 38.1 Å². The Bertz CT molecular complexity index is 1230. The summed E-state index contributed by atoms with van der Waals surface area (Å²) in [7, 11) is 0. The van der Waals surface area contributed by atoms with Gasteiger partial charge in [0.2, 0.25) is 17.7 Å². The van der Waals surface area contributed by atoms with Crippen LogP contribution in [0.1, 0.15) is 63.7 Å². The number of nitrogens with zero attached hydrogens (tertiary/aromatic N) is 2. The van der Waals surface area contributed by atoms with Gasteiger partial charge in [0.1, 0.15) is 6.04 Å². The number of hydrazine groups is 1. The molecule has 2 aromatic rings. The van der Waals surface area contributed by atoms with Gasteiger partial charge in [-0.25, -0.2) is 10.2 Å². The highest BCUT2D eigenvalue weighted by atomic mass is 16.5. The van der Waals surface area contributed by atoms with Gasteiger partial charge in [-0.1, -0.05) is 45.9 Å². The number of hydrogen-bond donors (Lipinski definition) is 3. The second kappa shape index (κ2) is 14.5.